The summed E-state index contributed by atoms with van der Waals surface area (Å²) in [4.78, 5) is 30.7. The average Bonchev–Trinajstić information content (AvgIpc) is 2.77. The Morgan fingerprint density at radius 3 is 2.39 bits per heavy atom. The molecule has 8 heteroatoms. The quantitative estimate of drug-likeness (QED) is 0.304. The van der Waals surface area contributed by atoms with Gasteiger partial charge in [0.05, 0.1) is 16.8 Å². The van der Waals surface area contributed by atoms with Crippen LogP contribution in [0.25, 0.3) is 27.7 Å². The molecule has 0 unspecified atom stereocenters. The number of nitrogens with zero attached hydrogens (tertiary/aromatic N) is 3. The van der Waals surface area contributed by atoms with E-state index in [9.17, 15) is 14.9 Å². The van der Waals surface area contributed by atoms with Crippen LogP contribution in [0.1, 0.15) is 34.0 Å². The largest absolute Gasteiger partial charge is 0.384 e. The fraction of sp³-hybridized carbons (Fsp3) is 0.120. The predicted molar refractivity (Wildman–Crippen MR) is 131 cm³/mol. The second-order valence-corrected chi connectivity index (χ2v) is 8.50. The number of nitrogen functional groups attached to an aromatic ring is 1. The highest BCUT2D eigenvalue weighted by atomic mass is 35.5. The van der Waals surface area contributed by atoms with Gasteiger partial charge in [-0.05, 0) is 62.2 Å². The number of Topliss-reactive ketones (excluding diaryl/α,β-unsaturated/α-hetero) is 1. The van der Waals surface area contributed by atoms with Crippen molar-refractivity contribution in [2.45, 2.75) is 20.8 Å². The second-order valence-electron chi connectivity index (χ2n) is 7.70. The molecule has 0 saturated heterocycles. The van der Waals surface area contributed by atoms with Gasteiger partial charge in [-0.3, -0.25) is 14.2 Å². The van der Waals surface area contributed by atoms with Crippen molar-refractivity contribution in [3.05, 3.63) is 85.2 Å². The molecule has 0 fully saturated rings. The van der Waals surface area contributed by atoms with Crippen LogP contribution < -0.4 is 11.3 Å². The first-order valence-electron chi connectivity index (χ1n) is 9.98. The number of carbonyl (C=O) groups excluding carboxylic acids is 1. The van der Waals surface area contributed by atoms with Crippen LogP contribution in [0.2, 0.25) is 10.2 Å². The van der Waals surface area contributed by atoms with Gasteiger partial charge in [-0.15, -0.1) is 0 Å². The zero-order valence-corrected chi connectivity index (χ0v) is 19.5. The van der Waals surface area contributed by atoms with Crippen LogP contribution in [0.5, 0.6) is 0 Å². The number of aryl methyl sites for hydroxylation is 2. The van der Waals surface area contributed by atoms with E-state index in [2.05, 4.69) is 11.1 Å². The van der Waals surface area contributed by atoms with Gasteiger partial charge in [0.15, 0.2) is 5.78 Å². The Morgan fingerprint density at radius 2 is 1.79 bits per heavy atom. The molecular formula is C25H18Cl2N4O2. The van der Waals surface area contributed by atoms with Gasteiger partial charge < -0.3 is 5.73 Å². The van der Waals surface area contributed by atoms with E-state index in [0.717, 1.165) is 21.1 Å². The summed E-state index contributed by atoms with van der Waals surface area (Å²) in [5, 5.41) is 11.3. The predicted octanol–water partition coefficient (Wildman–Crippen LogP) is 5.63. The third kappa shape index (κ3) is 3.66. The standard InChI is InChI=1S/C25H18Cl2N4O2/c1-12-4-5-15-10-18(23(27)30-22(15)13(12)2)21-19(11-28)24(29)31(25(33)20(21)14(3)32)17-8-6-16(26)7-9-17/h4-10H,29H2,1-3H3. The van der Waals surface area contributed by atoms with E-state index in [-0.39, 0.29) is 27.7 Å². The van der Waals surface area contributed by atoms with Gasteiger partial charge in [-0.25, -0.2) is 4.98 Å². The molecule has 0 aliphatic carbocycles. The number of aromatic nitrogens is 2. The molecule has 2 heterocycles. The molecule has 2 aromatic heterocycles. The Bertz CT molecular complexity index is 1570. The van der Waals surface area contributed by atoms with E-state index in [1.807, 2.05) is 26.0 Å². The second kappa shape index (κ2) is 8.36. The van der Waals surface area contributed by atoms with Gasteiger partial charge in [0, 0.05) is 21.5 Å². The summed E-state index contributed by atoms with van der Waals surface area (Å²) < 4.78 is 1.13. The maximum atomic E-state index is 13.5. The number of pyridine rings is 2. The van der Waals surface area contributed by atoms with Crippen molar-refractivity contribution in [2.75, 3.05) is 5.73 Å². The molecule has 0 aliphatic heterocycles. The SMILES string of the molecule is CC(=O)c1c(-c2cc3ccc(C)c(C)c3nc2Cl)c(C#N)c(N)n(-c2ccc(Cl)cc2)c1=O. The van der Waals surface area contributed by atoms with E-state index >= 15 is 0 Å². The highest BCUT2D eigenvalue weighted by Crippen LogP contribution is 2.37. The van der Waals surface area contributed by atoms with Crippen molar-refractivity contribution >= 4 is 45.7 Å². The minimum atomic E-state index is -0.660. The zero-order valence-electron chi connectivity index (χ0n) is 18.0. The molecular weight excluding hydrogens is 459 g/mol. The normalized spacial score (nSPS) is 10.9. The third-order valence-electron chi connectivity index (χ3n) is 5.70. The van der Waals surface area contributed by atoms with Gasteiger partial charge in [-0.1, -0.05) is 35.3 Å². The average molecular weight is 477 g/mol. The Kier molecular flexibility index (Phi) is 5.71. The van der Waals surface area contributed by atoms with E-state index in [4.69, 9.17) is 28.9 Å². The van der Waals surface area contributed by atoms with Crippen molar-refractivity contribution in [2.24, 2.45) is 0 Å². The number of hydrogen-bond acceptors (Lipinski definition) is 5. The van der Waals surface area contributed by atoms with E-state index in [1.54, 1.807) is 30.3 Å². The highest BCUT2D eigenvalue weighted by molar-refractivity contribution is 6.33. The molecule has 2 N–H and O–H groups in total. The van der Waals surface area contributed by atoms with Crippen LogP contribution >= 0.6 is 23.2 Å². The van der Waals surface area contributed by atoms with Crippen LogP contribution in [0, 0.1) is 25.2 Å². The van der Waals surface area contributed by atoms with Crippen LogP contribution in [-0.2, 0) is 0 Å². The van der Waals surface area contributed by atoms with Crippen molar-refractivity contribution in [1.82, 2.24) is 9.55 Å². The summed E-state index contributed by atoms with van der Waals surface area (Å²) >= 11 is 12.5. The number of benzene rings is 2. The van der Waals surface area contributed by atoms with Crippen molar-refractivity contribution < 1.29 is 4.79 Å². The van der Waals surface area contributed by atoms with Gasteiger partial charge in [0.2, 0.25) is 0 Å². The molecule has 0 spiro atoms. The minimum Gasteiger partial charge on any atom is -0.384 e. The Hall–Kier alpha value is -3.66. The number of halogens is 2. The van der Waals surface area contributed by atoms with Crippen molar-refractivity contribution in [3.8, 4) is 22.9 Å². The number of nitrogens with two attached hydrogens (primary N) is 1. The first-order valence-corrected chi connectivity index (χ1v) is 10.7. The summed E-state index contributed by atoms with van der Waals surface area (Å²) in [6.07, 6.45) is 0. The van der Waals surface area contributed by atoms with Gasteiger partial charge in [0.1, 0.15) is 22.6 Å². The van der Waals surface area contributed by atoms with Crippen molar-refractivity contribution in [3.63, 3.8) is 0 Å². The van der Waals surface area contributed by atoms with Crippen molar-refractivity contribution in [1.29, 1.82) is 5.26 Å². The van der Waals surface area contributed by atoms with Gasteiger partial charge >= 0.3 is 0 Å². The molecule has 0 aliphatic rings. The fourth-order valence-electron chi connectivity index (χ4n) is 3.88. The lowest BCUT2D eigenvalue weighted by Crippen LogP contribution is -2.29. The van der Waals surface area contributed by atoms with Crippen LogP contribution in [-0.4, -0.2) is 15.3 Å². The maximum Gasteiger partial charge on any atom is 0.268 e. The third-order valence-corrected chi connectivity index (χ3v) is 6.24. The molecule has 4 rings (SSSR count). The molecule has 2 aromatic carbocycles. The molecule has 164 valence electrons. The van der Waals surface area contributed by atoms with Crippen LogP contribution in [0.3, 0.4) is 0 Å². The van der Waals surface area contributed by atoms with E-state index in [0.29, 0.717) is 21.8 Å². The lowest BCUT2D eigenvalue weighted by atomic mass is 9.93. The molecule has 0 amide bonds. The molecule has 0 saturated carbocycles. The summed E-state index contributed by atoms with van der Waals surface area (Å²) in [6.45, 7) is 5.17. The molecule has 0 radical (unpaired) electrons. The smallest absolute Gasteiger partial charge is 0.268 e. The first kappa shape index (κ1) is 22.5. The fourth-order valence-corrected chi connectivity index (χ4v) is 4.24. The molecule has 0 atom stereocenters. The highest BCUT2D eigenvalue weighted by Gasteiger charge is 2.27. The Balaban J connectivity index is 2.14. The number of carbonyl (C=O) groups is 1. The molecule has 33 heavy (non-hydrogen) atoms. The summed E-state index contributed by atoms with van der Waals surface area (Å²) in [6, 6.07) is 13.9. The van der Waals surface area contributed by atoms with E-state index < -0.39 is 11.3 Å². The molecule has 6 nitrogen and oxygen atoms in total. The van der Waals surface area contributed by atoms with Gasteiger partial charge in [0.25, 0.3) is 5.56 Å². The number of nitriles is 1. The minimum absolute atomic E-state index is 0.0402. The Labute approximate surface area is 199 Å². The van der Waals surface area contributed by atoms with E-state index in [1.165, 1.54) is 6.92 Å². The molecule has 0 bridgehead atoms. The lowest BCUT2D eigenvalue weighted by Gasteiger charge is -2.18. The molecule has 4 aromatic rings. The number of ketones is 1. The maximum absolute atomic E-state index is 13.5. The summed E-state index contributed by atoms with van der Waals surface area (Å²) in [5.74, 6) is -0.633. The number of anilines is 1. The Morgan fingerprint density at radius 1 is 1.12 bits per heavy atom. The summed E-state index contributed by atoms with van der Waals surface area (Å²) in [5.41, 5.74) is 8.89. The topological polar surface area (TPSA) is 102 Å². The lowest BCUT2D eigenvalue weighted by molar-refractivity contribution is 0.101. The monoisotopic (exact) mass is 476 g/mol. The van der Waals surface area contributed by atoms with Crippen LogP contribution in [0.4, 0.5) is 5.82 Å². The van der Waals surface area contributed by atoms with Crippen LogP contribution in [0.15, 0.2) is 47.3 Å². The number of fused-ring (bicyclic) bond motifs is 1. The summed E-state index contributed by atoms with van der Waals surface area (Å²) in [7, 11) is 0. The van der Waals surface area contributed by atoms with Gasteiger partial charge in [-0.2, -0.15) is 5.26 Å². The number of hydrogen-bond donors (Lipinski definition) is 1. The number of rotatable bonds is 3. The first-order chi connectivity index (χ1) is 15.6. The zero-order chi connectivity index (χ0) is 24.0.